The highest BCUT2D eigenvalue weighted by molar-refractivity contribution is 5.90. The summed E-state index contributed by atoms with van der Waals surface area (Å²) < 4.78 is 4.79. The minimum Gasteiger partial charge on any atom is -0.457 e. The minimum atomic E-state index is -0.425. The fraction of sp³-hybridized carbons (Fsp3) is 0.556. The number of carbonyl (C=O) groups is 1. The molecule has 0 heterocycles. The summed E-state index contributed by atoms with van der Waals surface area (Å²) in [5.74, 6) is -0.425. The summed E-state index contributed by atoms with van der Waals surface area (Å²) in [5, 5.41) is 0. The van der Waals surface area contributed by atoms with Gasteiger partial charge in [0.25, 0.3) is 6.07 Å². The summed E-state index contributed by atoms with van der Waals surface area (Å²) in [6.07, 6.45) is 1.59. The Morgan fingerprint density at radius 2 is 2.23 bits per heavy atom. The first-order valence-electron chi connectivity index (χ1n) is 4.04. The lowest BCUT2D eigenvalue weighted by Crippen LogP contribution is -2.10. The van der Waals surface area contributed by atoms with E-state index in [1.165, 1.54) is 0 Å². The van der Waals surface area contributed by atoms with Crippen molar-refractivity contribution in [1.82, 2.24) is 4.90 Å². The largest absolute Gasteiger partial charge is 0.457 e. The number of esters is 1. The van der Waals surface area contributed by atoms with Crippen LogP contribution in [0.4, 0.5) is 0 Å². The number of ether oxygens (including phenoxy) is 1. The van der Waals surface area contributed by atoms with Gasteiger partial charge in [0.05, 0.1) is 19.7 Å². The Morgan fingerprint density at radius 3 is 2.62 bits per heavy atom. The fourth-order valence-electron chi connectivity index (χ4n) is 0.697. The second-order valence-electron chi connectivity index (χ2n) is 2.53. The van der Waals surface area contributed by atoms with Gasteiger partial charge in [0.15, 0.2) is 0 Å². The van der Waals surface area contributed by atoms with E-state index < -0.39 is 5.97 Å². The first-order valence-corrected chi connectivity index (χ1v) is 4.04. The molecule has 0 saturated heterocycles. The van der Waals surface area contributed by atoms with Gasteiger partial charge in [0.2, 0.25) is 0 Å². The first-order chi connectivity index (χ1) is 6.11. The molecule has 0 atom stereocenters. The quantitative estimate of drug-likeness (QED) is 0.488. The normalized spacial score (nSPS) is 10.0. The lowest BCUT2D eigenvalue weighted by molar-refractivity contribution is -0.138. The third-order valence-electron chi connectivity index (χ3n) is 1.10. The Hall–Kier alpha value is -1.50. The van der Waals surface area contributed by atoms with Gasteiger partial charge in [-0.25, -0.2) is 4.79 Å². The Morgan fingerprint density at radius 1 is 1.62 bits per heavy atom. The van der Waals surface area contributed by atoms with Gasteiger partial charge in [-0.3, -0.25) is 0 Å². The van der Waals surface area contributed by atoms with Crippen molar-refractivity contribution in [3.05, 3.63) is 16.7 Å². The van der Waals surface area contributed by atoms with Gasteiger partial charge in [-0.2, -0.15) is 0 Å². The van der Waals surface area contributed by atoms with Crippen molar-refractivity contribution in [1.29, 1.82) is 0 Å². The lowest BCUT2D eigenvalue weighted by atomic mass is 10.5. The molecule has 0 bridgehead atoms. The third kappa shape index (κ3) is 4.86. The fourth-order valence-corrected chi connectivity index (χ4v) is 0.697. The second-order valence-corrected chi connectivity index (χ2v) is 2.53. The standard InChI is InChI=1S/C9H15N2O2/c1-5-10-8(7-11(3)4)9(12)13-6-2/h7H,6H2,1-4H3/q+1/b8-7-. The zero-order chi connectivity index (χ0) is 10.3. The molecule has 72 valence electrons. The Bertz CT molecular complexity index is 259. The highest BCUT2D eigenvalue weighted by atomic mass is 16.5. The van der Waals surface area contributed by atoms with Crippen LogP contribution in [0.2, 0.25) is 0 Å². The molecule has 0 aromatic heterocycles. The van der Waals surface area contributed by atoms with Gasteiger partial charge in [0.1, 0.15) is 0 Å². The average molecular weight is 183 g/mol. The number of rotatable bonds is 3. The predicted octanol–water partition coefficient (Wildman–Crippen LogP) is 1.31. The predicted molar refractivity (Wildman–Crippen MR) is 51.3 cm³/mol. The monoisotopic (exact) mass is 183 g/mol. The maximum atomic E-state index is 11.2. The van der Waals surface area contributed by atoms with Gasteiger partial charge >= 0.3 is 11.7 Å². The van der Waals surface area contributed by atoms with Crippen LogP contribution in [0.15, 0.2) is 11.9 Å². The molecular formula is C9H15N2O2+. The highest BCUT2D eigenvalue weighted by Gasteiger charge is 2.20. The molecule has 0 spiro atoms. The molecule has 4 nitrogen and oxygen atoms in total. The van der Waals surface area contributed by atoms with E-state index in [1.54, 1.807) is 24.9 Å². The van der Waals surface area contributed by atoms with Crippen LogP contribution >= 0.6 is 0 Å². The lowest BCUT2D eigenvalue weighted by Gasteiger charge is -2.00. The number of nitrogens with zero attached hydrogens (tertiary/aromatic N) is 2. The van der Waals surface area contributed by atoms with E-state index in [4.69, 9.17) is 4.74 Å². The molecule has 0 saturated carbocycles. The molecule has 0 radical (unpaired) electrons. The van der Waals surface area contributed by atoms with Gasteiger partial charge in [0, 0.05) is 14.1 Å². The molecule has 0 aromatic carbocycles. The van der Waals surface area contributed by atoms with Crippen LogP contribution in [-0.2, 0) is 9.53 Å². The van der Waals surface area contributed by atoms with Gasteiger partial charge in [-0.1, -0.05) is 0 Å². The van der Waals surface area contributed by atoms with Gasteiger partial charge < -0.3 is 9.64 Å². The van der Waals surface area contributed by atoms with E-state index in [2.05, 4.69) is 10.9 Å². The summed E-state index contributed by atoms with van der Waals surface area (Å²) >= 11 is 0. The summed E-state index contributed by atoms with van der Waals surface area (Å²) in [7, 11) is 3.62. The van der Waals surface area contributed by atoms with E-state index in [9.17, 15) is 4.79 Å². The van der Waals surface area contributed by atoms with Crippen molar-refractivity contribution in [2.45, 2.75) is 13.8 Å². The smallest absolute Gasteiger partial charge is 0.439 e. The van der Waals surface area contributed by atoms with Crippen LogP contribution in [-0.4, -0.2) is 31.6 Å². The summed E-state index contributed by atoms with van der Waals surface area (Å²) in [6, 6.07) is 2.54. The molecule has 13 heavy (non-hydrogen) atoms. The van der Waals surface area contributed by atoms with Crippen LogP contribution in [0.25, 0.3) is 4.85 Å². The Labute approximate surface area is 78.6 Å². The van der Waals surface area contributed by atoms with E-state index >= 15 is 0 Å². The topological polar surface area (TPSA) is 33.9 Å². The van der Waals surface area contributed by atoms with Crippen molar-refractivity contribution < 1.29 is 9.53 Å². The number of hydrogen-bond acceptors (Lipinski definition) is 3. The first kappa shape index (κ1) is 11.5. The van der Waals surface area contributed by atoms with E-state index in [0.717, 1.165) is 0 Å². The molecule has 0 rings (SSSR count). The summed E-state index contributed by atoms with van der Waals surface area (Å²) in [4.78, 5) is 16.7. The van der Waals surface area contributed by atoms with Crippen molar-refractivity contribution in [2.24, 2.45) is 0 Å². The molecule has 0 unspecified atom stereocenters. The van der Waals surface area contributed by atoms with E-state index in [1.807, 2.05) is 14.1 Å². The number of hydrogen-bond donors (Lipinski definition) is 0. The molecule has 4 heteroatoms. The minimum absolute atomic E-state index is 0.259. The number of carbonyl (C=O) groups excluding carboxylic acids is 1. The van der Waals surface area contributed by atoms with Crippen LogP contribution in [0.5, 0.6) is 0 Å². The van der Waals surface area contributed by atoms with Gasteiger partial charge in [-0.15, -0.1) is 0 Å². The molecule has 0 fully saturated rings. The van der Waals surface area contributed by atoms with Crippen molar-refractivity contribution >= 4 is 5.97 Å². The average Bonchev–Trinajstić information content (AvgIpc) is 2.03. The van der Waals surface area contributed by atoms with E-state index in [0.29, 0.717) is 6.61 Å². The Balaban J connectivity index is 4.57. The van der Waals surface area contributed by atoms with Crippen molar-refractivity contribution in [2.75, 3.05) is 20.7 Å². The summed E-state index contributed by atoms with van der Waals surface area (Å²) in [6.45, 7) is 3.73. The second kappa shape index (κ2) is 6.06. The molecule has 0 aliphatic heterocycles. The van der Waals surface area contributed by atoms with Crippen molar-refractivity contribution in [3.63, 3.8) is 0 Å². The SMILES string of the molecule is CC#[N+]/C(=C\N(C)C)C(=O)OCC. The third-order valence-corrected chi connectivity index (χ3v) is 1.10. The molecule has 0 aromatic rings. The van der Waals surface area contributed by atoms with E-state index in [-0.39, 0.29) is 5.70 Å². The van der Waals surface area contributed by atoms with Crippen LogP contribution in [0, 0.1) is 6.07 Å². The highest BCUT2D eigenvalue weighted by Crippen LogP contribution is 2.01. The van der Waals surface area contributed by atoms with Crippen LogP contribution in [0.3, 0.4) is 0 Å². The molecule has 0 aliphatic carbocycles. The van der Waals surface area contributed by atoms with Crippen LogP contribution < -0.4 is 0 Å². The molecule has 0 amide bonds. The van der Waals surface area contributed by atoms with Crippen molar-refractivity contribution in [3.8, 4) is 6.07 Å². The molecule has 0 N–H and O–H groups in total. The maximum absolute atomic E-state index is 11.2. The molecule has 0 aliphatic rings. The van der Waals surface area contributed by atoms with Gasteiger partial charge in [-0.05, 0) is 11.8 Å². The summed E-state index contributed by atoms with van der Waals surface area (Å²) in [5.41, 5.74) is 0.259. The zero-order valence-corrected chi connectivity index (χ0v) is 8.50. The Kier molecular flexibility index (Phi) is 5.37. The van der Waals surface area contributed by atoms with Crippen LogP contribution in [0.1, 0.15) is 13.8 Å². The maximum Gasteiger partial charge on any atom is 0.439 e. The zero-order valence-electron chi connectivity index (χ0n) is 8.50. The molecular weight excluding hydrogens is 168 g/mol.